The topological polar surface area (TPSA) is 63.2 Å². The molecule has 0 saturated heterocycles. The molecule has 0 bridgehead atoms. The molecule has 25 heavy (non-hydrogen) atoms. The maximum absolute atomic E-state index is 13.0. The monoisotopic (exact) mass is 344 g/mol. The summed E-state index contributed by atoms with van der Waals surface area (Å²) in [4.78, 5) is 13.0. The van der Waals surface area contributed by atoms with Crippen molar-refractivity contribution in [3.8, 4) is 28.7 Å². The van der Waals surface area contributed by atoms with Gasteiger partial charge >= 0.3 is 0 Å². The third kappa shape index (κ3) is 2.84. The van der Waals surface area contributed by atoms with Crippen LogP contribution in [0.1, 0.15) is 21.8 Å². The molecule has 6 heteroatoms. The summed E-state index contributed by atoms with van der Waals surface area (Å²) in [5.74, 6) is 2.11. The molecule has 1 aliphatic heterocycles. The molecule has 3 rings (SSSR count). The van der Waals surface area contributed by atoms with Gasteiger partial charge in [-0.25, -0.2) is 0 Å². The van der Waals surface area contributed by atoms with Gasteiger partial charge in [0.15, 0.2) is 28.8 Å². The molecule has 2 aromatic rings. The second kappa shape index (κ2) is 6.93. The Hall–Kier alpha value is -2.89. The molecule has 1 unspecified atom stereocenters. The van der Waals surface area contributed by atoms with Gasteiger partial charge in [0.2, 0.25) is 5.75 Å². The molecule has 0 spiro atoms. The van der Waals surface area contributed by atoms with E-state index >= 15 is 0 Å². The highest BCUT2D eigenvalue weighted by atomic mass is 16.5. The molecular weight excluding hydrogens is 324 g/mol. The zero-order valence-corrected chi connectivity index (χ0v) is 14.6. The van der Waals surface area contributed by atoms with E-state index in [0.29, 0.717) is 34.3 Å². The molecule has 132 valence electrons. The number of benzene rings is 2. The number of ketones is 1. The average Bonchev–Trinajstić information content (AvgIpc) is 2.66. The number of hydrogen-bond acceptors (Lipinski definition) is 6. The number of ether oxygens (including phenoxy) is 5. The first-order valence-electron chi connectivity index (χ1n) is 7.78. The first-order valence-corrected chi connectivity index (χ1v) is 7.78. The Bertz CT molecular complexity index is 799. The Balaban J connectivity index is 2.00. The van der Waals surface area contributed by atoms with E-state index < -0.39 is 5.92 Å². The van der Waals surface area contributed by atoms with Crippen molar-refractivity contribution in [3.05, 3.63) is 41.5 Å². The molecule has 6 nitrogen and oxygen atoms in total. The van der Waals surface area contributed by atoms with Crippen molar-refractivity contribution in [2.45, 2.75) is 5.92 Å². The summed E-state index contributed by atoms with van der Waals surface area (Å²) >= 11 is 0. The first kappa shape index (κ1) is 17.0. The van der Waals surface area contributed by atoms with E-state index in [1.165, 1.54) is 7.11 Å². The number of rotatable bonds is 5. The molecule has 0 aliphatic carbocycles. The van der Waals surface area contributed by atoms with Crippen LogP contribution in [0.3, 0.4) is 0 Å². The number of Topliss-reactive ketones (excluding diaryl/α,β-unsaturated/α-hetero) is 1. The predicted octanol–water partition coefficient (Wildman–Crippen LogP) is 3.08. The molecule has 0 saturated carbocycles. The molecule has 1 aliphatic rings. The first-order chi connectivity index (χ1) is 12.1. The maximum atomic E-state index is 13.0. The van der Waals surface area contributed by atoms with Crippen molar-refractivity contribution in [1.82, 2.24) is 0 Å². The van der Waals surface area contributed by atoms with E-state index in [4.69, 9.17) is 23.7 Å². The van der Waals surface area contributed by atoms with Crippen LogP contribution in [-0.4, -0.2) is 40.8 Å². The molecule has 1 heterocycles. The van der Waals surface area contributed by atoms with Crippen LogP contribution in [0.5, 0.6) is 28.7 Å². The molecule has 0 aromatic heterocycles. The second-order valence-corrected chi connectivity index (χ2v) is 5.52. The number of methoxy groups -OCH3 is 4. The Morgan fingerprint density at radius 3 is 2.20 bits per heavy atom. The Morgan fingerprint density at radius 2 is 1.56 bits per heavy atom. The van der Waals surface area contributed by atoms with Gasteiger partial charge in [-0.2, -0.15) is 0 Å². The van der Waals surface area contributed by atoms with Crippen LogP contribution in [0.15, 0.2) is 30.3 Å². The summed E-state index contributed by atoms with van der Waals surface area (Å²) in [5, 5.41) is 0. The fourth-order valence-corrected chi connectivity index (χ4v) is 2.98. The minimum atomic E-state index is -0.426. The molecular formula is C19H20O6. The second-order valence-electron chi connectivity index (χ2n) is 5.52. The fourth-order valence-electron chi connectivity index (χ4n) is 2.98. The SMILES string of the molecule is COc1ccc(C2COc3c(ccc(OC)c3OC)C2=O)cc1OC. The van der Waals surface area contributed by atoms with Crippen LogP contribution in [0.4, 0.5) is 0 Å². The smallest absolute Gasteiger partial charge is 0.204 e. The van der Waals surface area contributed by atoms with Crippen LogP contribution in [0, 0.1) is 0 Å². The standard InChI is InChI=1S/C19H20O6/c1-21-14-7-5-11(9-16(14)23-3)13-10-25-18-12(17(13)20)6-8-15(22-2)19(18)24-4/h5-9,13H,10H2,1-4H3. The summed E-state index contributed by atoms with van der Waals surface area (Å²) in [6.45, 7) is 0.213. The van der Waals surface area contributed by atoms with E-state index in [9.17, 15) is 4.79 Å². The Labute approximate surface area is 146 Å². The zero-order valence-electron chi connectivity index (χ0n) is 14.6. The summed E-state index contributed by atoms with van der Waals surface area (Å²) in [6.07, 6.45) is 0. The van der Waals surface area contributed by atoms with Crippen molar-refractivity contribution in [2.24, 2.45) is 0 Å². The summed E-state index contributed by atoms with van der Waals surface area (Å²) in [5.41, 5.74) is 1.28. The van der Waals surface area contributed by atoms with E-state index in [1.807, 2.05) is 6.07 Å². The molecule has 2 aromatic carbocycles. The summed E-state index contributed by atoms with van der Waals surface area (Å²) in [7, 11) is 6.20. The lowest BCUT2D eigenvalue weighted by molar-refractivity contribution is 0.0892. The molecule has 0 radical (unpaired) electrons. The Morgan fingerprint density at radius 1 is 0.880 bits per heavy atom. The highest BCUT2D eigenvalue weighted by Crippen LogP contribution is 2.45. The largest absolute Gasteiger partial charge is 0.493 e. The number of fused-ring (bicyclic) bond motifs is 1. The van der Waals surface area contributed by atoms with Crippen LogP contribution >= 0.6 is 0 Å². The van der Waals surface area contributed by atoms with E-state index in [2.05, 4.69) is 0 Å². The van der Waals surface area contributed by atoms with Crippen molar-refractivity contribution < 1.29 is 28.5 Å². The molecule has 0 N–H and O–H groups in total. The number of hydrogen-bond donors (Lipinski definition) is 0. The quantitative estimate of drug-likeness (QED) is 0.831. The normalized spacial score (nSPS) is 15.8. The van der Waals surface area contributed by atoms with Crippen LogP contribution in [0.25, 0.3) is 0 Å². The van der Waals surface area contributed by atoms with E-state index in [-0.39, 0.29) is 12.4 Å². The van der Waals surface area contributed by atoms with Gasteiger partial charge in [-0.1, -0.05) is 6.07 Å². The Kier molecular flexibility index (Phi) is 4.70. The highest BCUT2D eigenvalue weighted by molar-refractivity contribution is 6.05. The van der Waals surface area contributed by atoms with Gasteiger partial charge < -0.3 is 23.7 Å². The minimum absolute atomic E-state index is 0.0329. The highest BCUT2D eigenvalue weighted by Gasteiger charge is 2.33. The third-order valence-electron chi connectivity index (χ3n) is 4.29. The van der Waals surface area contributed by atoms with Crippen LogP contribution in [0.2, 0.25) is 0 Å². The molecule has 1 atom stereocenters. The van der Waals surface area contributed by atoms with Crippen LogP contribution < -0.4 is 23.7 Å². The van der Waals surface area contributed by atoms with Crippen molar-refractivity contribution in [2.75, 3.05) is 35.0 Å². The van der Waals surface area contributed by atoms with Gasteiger partial charge in [0, 0.05) is 0 Å². The van der Waals surface area contributed by atoms with Gasteiger partial charge in [-0.15, -0.1) is 0 Å². The van der Waals surface area contributed by atoms with E-state index in [1.54, 1.807) is 45.6 Å². The van der Waals surface area contributed by atoms with Gasteiger partial charge in [0.1, 0.15) is 6.61 Å². The lowest BCUT2D eigenvalue weighted by Gasteiger charge is -2.26. The van der Waals surface area contributed by atoms with Crippen LogP contribution in [-0.2, 0) is 0 Å². The number of carbonyl (C=O) groups is 1. The lowest BCUT2D eigenvalue weighted by Crippen LogP contribution is -2.26. The van der Waals surface area contributed by atoms with Gasteiger partial charge in [-0.3, -0.25) is 4.79 Å². The zero-order chi connectivity index (χ0) is 18.0. The molecule has 0 amide bonds. The summed E-state index contributed by atoms with van der Waals surface area (Å²) in [6, 6.07) is 8.84. The minimum Gasteiger partial charge on any atom is -0.493 e. The van der Waals surface area contributed by atoms with Gasteiger partial charge in [-0.05, 0) is 29.8 Å². The molecule has 0 fully saturated rings. The van der Waals surface area contributed by atoms with E-state index in [0.717, 1.165) is 5.56 Å². The van der Waals surface area contributed by atoms with Gasteiger partial charge in [0.05, 0.1) is 39.9 Å². The lowest BCUT2D eigenvalue weighted by atomic mass is 9.88. The average molecular weight is 344 g/mol. The van der Waals surface area contributed by atoms with Crippen molar-refractivity contribution in [3.63, 3.8) is 0 Å². The van der Waals surface area contributed by atoms with Gasteiger partial charge in [0.25, 0.3) is 0 Å². The maximum Gasteiger partial charge on any atom is 0.204 e. The third-order valence-corrected chi connectivity index (χ3v) is 4.29. The fraction of sp³-hybridized carbons (Fsp3) is 0.316. The van der Waals surface area contributed by atoms with Crippen molar-refractivity contribution >= 4 is 5.78 Å². The van der Waals surface area contributed by atoms with Crippen molar-refractivity contribution in [1.29, 1.82) is 0 Å². The predicted molar refractivity (Wildman–Crippen MR) is 91.7 cm³/mol. The summed E-state index contributed by atoms with van der Waals surface area (Å²) < 4.78 is 27.0. The number of carbonyl (C=O) groups excluding carboxylic acids is 1.